The Bertz CT molecular complexity index is 406. The highest BCUT2D eigenvalue weighted by Crippen LogP contribution is 2.24. The van der Waals surface area contributed by atoms with Crippen molar-refractivity contribution in [3.05, 3.63) is 29.8 Å². The third-order valence-electron chi connectivity index (χ3n) is 2.87. The van der Waals surface area contributed by atoms with Crippen molar-refractivity contribution in [3.8, 4) is 5.75 Å². The predicted molar refractivity (Wildman–Crippen MR) is 75.8 cm³/mol. The van der Waals surface area contributed by atoms with Crippen LogP contribution in [0, 0.1) is 0 Å². The van der Waals surface area contributed by atoms with Gasteiger partial charge in [0.15, 0.2) is 0 Å². The average Bonchev–Trinajstić information content (AvgIpc) is 2.27. The lowest BCUT2D eigenvalue weighted by Gasteiger charge is -2.19. The third-order valence-corrected chi connectivity index (χ3v) is 2.87. The molecule has 0 aliphatic carbocycles. The van der Waals surface area contributed by atoms with Gasteiger partial charge < -0.3 is 9.84 Å². The second kappa shape index (κ2) is 6.57. The summed E-state index contributed by atoms with van der Waals surface area (Å²) in [5, 5.41) is 8.62. The van der Waals surface area contributed by atoms with Gasteiger partial charge in [0.05, 0.1) is 6.54 Å². The molecule has 0 unspecified atom stereocenters. The third kappa shape index (κ3) is 5.75. The van der Waals surface area contributed by atoms with Gasteiger partial charge in [-0.15, -0.1) is 0 Å². The lowest BCUT2D eigenvalue weighted by atomic mass is 9.87. The summed E-state index contributed by atoms with van der Waals surface area (Å²) >= 11 is 0. The van der Waals surface area contributed by atoms with Gasteiger partial charge in [-0.05, 0) is 30.2 Å². The quantitative estimate of drug-likeness (QED) is 0.858. The Kier molecular flexibility index (Phi) is 5.36. The average molecular weight is 265 g/mol. The van der Waals surface area contributed by atoms with Gasteiger partial charge in [-0.25, -0.2) is 0 Å². The number of nitrogens with zero attached hydrogens (tertiary/aromatic N) is 1. The lowest BCUT2D eigenvalue weighted by molar-refractivity contribution is -0.138. The van der Waals surface area contributed by atoms with Crippen molar-refractivity contribution < 1.29 is 14.6 Å². The summed E-state index contributed by atoms with van der Waals surface area (Å²) in [7, 11) is 1.76. The molecule has 1 aromatic rings. The molecule has 0 aliphatic rings. The molecule has 1 aromatic carbocycles. The molecule has 0 aliphatic heterocycles. The van der Waals surface area contributed by atoms with E-state index < -0.39 is 5.97 Å². The highest BCUT2D eigenvalue weighted by Gasteiger charge is 2.13. The number of hydrogen-bond acceptors (Lipinski definition) is 3. The van der Waals surface area contributed by atoms with Crippen molar-refractivity contribution >= 4 is 5.97 Å². The number of carboxylic acids is 1. The summed E-state index contributed by atoms with van der Waals surface area (Å²) in [6.45, 7) is 7.62. The van der Waals surface area contributed by atoms with Gasteiger partial charge in [-0.1, -0.05) is 32.9 Å². The number of benzene rings is 1. The number of rotatable bonds is 6. The van der Waals surface area contributed by atoms with Gasteiger partial charge in [0.25, 0.3) is 0 Å². The summed E-state index contributed by atoms with van der Waals surface area (Å²) in [5.74, 6) is -0.00578. The number of hydrogen-bond donors (Lipinski definition) is 1. The maximum atomic E-state index is 10.5. The van der Waals surface area contributed by atoms with E-state index in [9.17, 15) is 4.79 Å². The molecule has 4 nitrogen and oxygen atoms in total. The predicted octanol–water partition coefficient (Wildman–Crippen LogP) is 2.38. The maximum Gasteiger partial charge on any atom is 0.317 e. The fourth-order valence-corrected chi connectivity index (χ4v) is 1.68. The van der Waals surface area contributed by atoms with Gasteiger partial charge in [-0.2, -0.15) is 0 Å². The number of likely N-dealkylation sites (N-methyl/N-ethyl adjacent to an activating group) is 1. The van der Waals surface area contributed by atoms with E-state index in [1.807, 2.05) is 12.1 Å². The molecule has 0 fully saturated rings. The number of carbonyl (C=O) groups is 1. The molecule has 4 heteroatoms. The molecule has 106 valence electrons. The minimum atomic E-state index is -0.822. The minimum Gasteiger partial charge on any atom is -0.492 e. The van der Waals surface area contributed by atoms with Crippen molar-refractivity contribution in [3.63, 3.8) is 0 Å². The number of aliphatic carboxylic acids is 1. The van der Waals surface area contributed by atoms with Crippen LogP contribution in [-0.2, 0) is 10.2 Å². The molecule has 0 heterocycles. The first kappa shape index (κ1) is 15.5. The van der Waals surface area contributed by atoms with E-state index in [1.165, 1.54) is 5.56 Å². The maximum absolute atomic E-state index is 10.5. The molecule has 0 aromatic heterocycles. The van der Waals surface area contributed by atoms with Crippen LogP contribution in [0.3, 0.4) is 0 Å². The Hall–Kier alpha value is -1.55. The number of carboxylic acid groups (broad SMARTS) is 1. The second-order valence-corrected chi connectivity index (χ2v) is 5.75. The topological polar surface area (TPSA) is 49.8 Å². The minimum absolute atomic E-state index is 0.0340. The molecule has 0 saturated carbocycles. The normalized spacial score (nSPS) is 11.6. The van der Waals surface area contributed by atoms with E-state index in [1.54, 1.807) is 11.9 Å². The Labute approximate surface area is 115 Å². The Morgan fingerprint density at radius 3 is 2.32 bits per heavy atom. The molecule has 0 atom stereocenters. The van der Waals surface area contributed by atoms with Gasteiger partial charge >= 0.3 is 5.97 Å². The van der Waals surface area contributed by atoms with Crippen LogP contribution >= 0.6 is 0 Å². The van der Waals surface area contributed by atoms with Crippen LogP contribution in [0.4, 0.5) is 0 Å². The number of ether oxygens (including phenoxy) is 1. The first-order chi connectivity index (χ1) is 8.79. The van der Waals surface area contributed by atoms with Crippen LogP contribution in [-0.4, -0.2) is 42.7 Å². The van der Waals surface area contributed by atoms with E-state index in [0.717, 1.165) is 5.75 Å². The highest BCUT2D eigenvalue weighted by atomic mass is 16.5. The molecular weight excluding hydrogens is 242 g/mol. The fraction of sp³-hybridized carbons (Fsp3) is 0.533. The van der Waals surface area contributed by atoms with E-state index in [0.29, 0.717) is 13.2 Å². The molecule has 0 bridgehead atoms. The molecule has 1 N–H and O–H groups in total. The molecule has 19 heavy (non-hydrogen) atoms. The first-order valence-electron chi connectivity index (χ1n) is 6.43. The highest BCUT2D eigenvalue weighted by molar-refractivity contribution is 5.68. The van der Waals surface area contributed by atoms with Crippen LogP contribution in [0.2, 0.25) is 0 Å². The second-order valence-electron chi connectivity index (χ2n) is 5.75. The smallest absolute Gasteiger partial charge is 0.317 e. The zero-order valence-corrected chi connectivity index (χ0v) is 12.1. The fourth-order valence-electron chi connectivity index (χ4n) is 1.68. The zero-order chi connectivity index (χ0) is 14.5. The van der Waals surface area contributed by atoms with E-state index in [4.69, 9.17) is 9.84 Å². The Balaban J connectivity index is 2.40. The molecule has 1 rings (SSSR count). The molecule has 0 amide bonds. The lowest BCUT2D eigenvalue weighted by Crippen LogP contribution is -2.29. The van der Waals surface area contributed by atoms with Crippen LogP contribution in [0.5, 0.6) is 5.75 Å². The van der Waals surface area contributed by atoms with Crippen LogP contribution in [0.1, 0.15) is 26.3 Å². The Morgan fingerprint density at radius 1 is 1.26 bits per heavy atom. The van der Waals surface area contributed by atoms with E-state index >= 15 is 0 Å². The molecule has 0 spiro atoms. The largest absolute Gasteiger partial charge is 0.492 e. The van der Waals surface area contributed by atoms with Crippen LogP contribution < -0.4 is 4.74 Å². The van der Waals surface area contributed by atoms with Crippen molar-refractivity contribution in [2.24, 2.45) is 0 Å². The Morgan fingerprint density at radius 2 is 1.84 bits per heavy atom. The van der Waals surface area contributed by atoms with Gasteiger partial charge in [0, 0.05) is 6.54 Å². The van der Waals surface area contributed by atoms with E-state index in [-0.39, 0.29) is 12.0 Å². The molecule has 0 radical (unpaired) electrons. The first-order valence-corrected chi connectivity index (χ1v) is 6.43. The summed E-state index contributed by atoms with van der Waals surface area (Å²) in [6, 6.07) is 8.04. The monoisotopic (exact) mass is 265 g/mol. The van der Waals surface area contributed by atoms with Crippen LogP contribution in [0.25, 0.3) is 0 Å². The van der Waals surface area contributed by atoms with Crippen molar-refractivity contribution in [1.29, 1.82) is 0 Å². The van der Waals surface area contributed by atoms with Crippen LogP contribution in [0.15, 0.2) is 24.3 Å². The molecule has 0 saturated heterocycles. The summed E-state index contributed by atoms with van der Waals surface area (Å²) < 4.78 is 5.59. The van der Waals surface area contributed by atoms with Crippen molar-refractivity contribution in [1.82, 2.24) is 4.90 Å². The van der Waals surface area contributed by atoms with Crippen molar-refractivity contribution in [2.75, 3.05) is 26.7 Å². The van der Waals surface area contributed by atoms with Crippen molar-refractivity contribution in [2.45, 2.75) is 26.2 Å². The molecular formula is C15H23NO3. The zero-order valence-electron chi connectivity index (χ0n) is 12.1. The standard InChI is InChI=1S/C15H23NO3/c1-15(2,3)12-5-7-13(8-6-12)19-10-9-16(4)11-14(17)18/h5-8H,9-11H2,1-4H3,(H,17,18). The van der Waals surface area contributed by atoms with Gasteiger partial charge in [0.2, 0.25) is 0 Å². The van der Waals surface area contributed by atoms with E-state index in [2.05, 4.69) is 32.9 Å². The summed E-state index contributed by atoms with van der Waals surface area (Å²) in [5.41, 5.74) is 1.41. The SMILES string of the molecule is CN(CCOc1ccc(C(C)(C)C)cc1)CC(=O)O. The summed E-state index contributed by atoms with van der Waals surface area (Å²) in [4.78, 5) is 12.2. The van der Waals surface area contributed by atoms with Gasteiger partial charge in [-0.3, -0.25) is 9.69 Å². The summed E-state index contributed by atoms with van der Waals surface area (Å²) in [6.07, 6.45) is 0. The van der Waals surface area contributed by atoms with Gasteiger partial charge in [0.1, 0.15) is 12.4 Å².